The number of carbonyl (C=O) groups excluding carboxylic acids is 1. The van der Waals surface area contributed by atoms with E-state index in [1.807, 2.05) is 12.1 Å². The van der Waals surface area contributed by atoms with Gasteiger partial charge in [-0.2, -0.15) is 0 Å². The Hall–Kier alpha value is -3.09. The number of primary amides is 1. The fourth-order valence-corrected chi connectivity index (χ4v) is 2.36. The van der Waals surface area contributed by atoms with Crippen molar-refractivity contribution in [3.63, 3.8) is 0 Å². The number of amides is 1. The molecule has 0 unspecified atom stereocenters. The van der Waals surface area contributed by atoms with Gasteiger partial charge in [-0.05, 0) is 35.9 Å². The van der Waals surface area contributed by atoms with Crippen LogP contribution in [0, 0.1) is 10.1 Å². The lowest BCUT2D eigenvalue weighted by molar-refractivity contribution is -0.383. The van der Waals surface area contributed by atoms with Crippen LogP contribution in [0.25, 0.3) is 0 Å². The van der Waals surface area contributed by atoms with E-state index in [2.05, 4.69) is 5.32 Å². The number of nitro groups is 1. The van der Waals surface area contributed by atoms with Crippen LogP contribution >= 0.6 is 0 Å². The van der Waals surface area contributed by atoms with E-state index in [1.54, 1.807) is 6.07 Å². The highest BCUT2D eigenvalue weighted by Crippen LogP contribution is 2.32. The maximum atomic E-state index is 11.2. The quantitative estimate of drug-likeness (QED) is 0.665. The number of nitrogens with two attached hydrogens (primary N) is 1. The number of ether oxygens (including phenoxy) is 1. The highest BCUT2D eigenvalue weighted by molar-refractivity contribution is 5.94. The Morgan fingerprint density at radius 2 is 2.09 bits per heavy atom. The summed E-state index contributed by atoms with van der Waals surface area (Å²) in [6.07, 6.45) is 0.813. The molecule has 0 aliphatic carbocycles. The lowest BCUT2D eigenvalue weighted by atomic mass is 10.1. The predicted molar refractivity (Wildman–Crippen MR) is 80.5 cm³/mol. The summed E-state index contributed by atoms with van der Waals surface area (Å²) >= 11 is 0. The number of hydrogen-bond acceptors (Lipinski definition) is 5. The number of rotatable bonds is 4. The van der Waals surface area contributed by atoms with Gasteiger partial charge in [-0.1, -0.05) is 0 Å². The highest BCUT2D eigenvalue weighted by Gasteiger charge is 2.18. The topological polar surface area (TPSA) is 107 Å². The second-order valence-corrected chi connectivity index (χ2v) is 4.90. The molecular formula is C15H13N3O4. The van der Waals surface area contributed by atoms with E-state index in [-0.39, 0.29) is 11.3 Å². The molecule has 0 saturated carbocycles. The second kappa shape index (κ2) is 5.36. The van der Waals surface area contributed by atoms with Crippen LogP contribution in [0.15, 0.2) is 36.4 Å². The summed E-state index contributed by atoms with van der Waals surface area (Å²) in [4.78, 5) is 21.8. The van der Waals surface area contributed by atoms with Gasteiger partial charge in [0.1, 0.15) is 11.4 Å². The van der Waals surface area contributed by atoms with Crippen LogP contribution in [0.1, 0.15) is 15.9 Å². The molecule has 2 aromatic carbocycles. The van der Waals surface area contributed by atoms with Crippen molar-refractivity contribution in [1.29, 1.82) is 0 Å². The fraction of sp³-hybridized carbons (Fsp3) is 0.133. The standard InChI is InChI=1S/C15H13N3O4/c16-15(19)10-1-3-12(13(8-10)18(20)21)17-11-2-4-14-9(7-11)5-6-22-14/h1-4,7-8,17H,5-6H2,(H2,16,19). The van der Waals surface area contributed by atoms with Crippen molar-refractivity contribution in [2.24, 2.45) is 5.73 Å². The molecule has 0 radical (unpaired) electrons. The zero-order valence-electron chi connectivity index (χ0n) is 11.5. The first kappa shape index (κ1) is 13.9. The van der Waals surface area contributed by atoms with Crippen molar-refractivity contribution in [2.45, 2.75) is 6.42 Å². The SMILES string of the molecule is NC(=O)c1ccc(Nc2ccc3c(c2)CCO3)c([N+](=O)[O-])c1. The van der Waals surface area contributed by atoms with Crippen molar-refractivity contribution in [2.75, 3.05) is 11.9 Å². The molecule has 22 heavy (non-hydrogen) atoms. The monoisotopic (exact) mass is 299 g/mol. The van der Waals surface area contributed by atoms with E-state index in [0.717, 1.165) is 23.4 Å². The minimum Gasteiger partial charge on any atom is -0.493 e. The average Bonchev–Trinajstić information content (AvgIpc) is 2.94. The van der Waals surface area contributed by atoms with Gasteiger partial charge in [-0.3, -0.25) is 14.9 Å². The van der Waals surface area contributed by atoms with Gasteiger partial charge in [0.2, 0.25) is 5.91 Å². The molecule has 2 aromatic rings. The normalized spacial score (nSPS) is 12.4. The highest BCUT2D eigenvalue weighted by atomic mass is 16.6. The Labute approximate surface area is 125 Å². The Morgan fingerprint density at radius 1 is 1.27 bits per heavy atom. The number of nitrogens with zero attached hydrogens (tertiary/aromatic N) is 1. The fourth-order valence-electron chi connectivity index (χ4n) is 2.36. The first-order valence-corrected chi connectivity index (χ1v) is 6.65. The molecule has 0 saturated heterocycles. The first-order chi connectivity index (χ1) is 10.5. The summed E-state index contributed by atoms with van der Waals surface area (Å²) in [5.74, 6) is 0.133. The number of fused-ring (bicyclic) bond motifs is 1. The first-order valence-electron chi connectivity index (χ1n) is 6.65. The van der Waals surface area contributed by atoms with Gasteiger partial charge in [0.25, 0.3) is 5.69 Å². The number of nitro benzene ring substituents is 1. The van der Waals surface area contributed by atoms with E-state index in [1.165, 1.54) is 18.2 Å². The van der Waals surface area contributed by atoms with Crippen molar-refractivity contribution in [3.8, 4) is 5.75 Å². The van der Waals surface area contributed by atoms with Gasteiger partial charge in [0, 0.05) is 23.7 Å². The number of nitrogens with one attached hydrogen (secondary N) is 1. The van der Waals surface area contributed by atoms with Gasteiger partial charge in [0.15, 0.2) is 0 Å². The molecule has 1 heterocycles. The molecule has 0 fully saturated rings. The van der Waals surface area contributed by atoms with Crippen molar-refractivity contribution >= 4 is 23.0 Å². The summed E-state index contributed by atoms with van der Waals surface area (Å²) < 4.78 is 5.42. The zero-order valence-corrected chi connectivity index (χ0v) is 11.5. The molecule has 0 atom stereocenters. The van der Waals surface area contributed by atoms with Crippen LogP contribution in [0.4, 0.5) is 17.1 Å². The number of hydrogen-bond donors (Lipinski definition) is 2. The van der Waals surface area contributed by atoms with Crippen LogP contribution in [0.5, 0.6) is 5.75 Å². The average molecular weight is 299 g/mol. The molecule has 7 nitrogen and oxygen atoms in total. The summed E-state index contributed by atoms with van der Waals surface area (Å²) in [6, 6.07) is 9.61. The van der Waals surface area contributed by atoms with Crippen molar-refractivity contribution in [1.82, 2.24) is 0 Å². The molecule has 1 aliphatic heterocycles. The molecule has 7 heteroatoms. The molecule has 0 aromatic heterocycles. The lowest BCUT2D eigenvalue weighted by Gasteiger charge is -2.09. The van der Waals surface area contributed by atoms with Gasteiger partial charge >= 0.3 is 0 Å². The molecule has 3 rings (SSSR count). The van der Waals surface area contributed by atoms with Crippen LogP contribution in [0.2, 0.25) is 0 Å². The maximum absolute atomic E-state index is 11.2. The van der Waals surface area contributed by atoms with E-state index >= 15 is 0 Å². The van der Waals surface area contributed by atoms with Crippen molar-refractivity contribution < 1.29 is 14.5 Å². The van der Waals surface area contributed by atoms with E-state index in [9.17, 15) is 14.9 Å². The Bertz CT molecular complexity index is 773. The molecule has 1 amide bonds. The van der Waals surface area contributed by atoms with Crippen molar-refractivity contribution in [3.05, 3.63) is 57.6 Å². The Kier molecular flexibility index (Phi) is 3.38. The van der Waals surface area contributed by atoms with Crippen LogP contribution in [-0.2, 0) is 6.42 Å². The third kappa shape index (κ3) is 2.56. The molecular weight excluding hydrogens is 286 g/mol. The zero-order chi connectivity index (χ0) is 15.7. The summed E-state index contributed by atoms with van der Waals surface area (Å²) in [7, 11) is 0. The Balaban J connectivity index is 1.94. The van der Waals surface area contributed by atoms with Gasteiger partial charge < -0.3 is 15.8 Å². The van der Waals surface area contributed by atoms with E-state index < -0.39 is 10.8 Å². The van der Waals surface area contributed by atoms with Crippen LogP contribution in [0.3, 0.4) is 0 Å². The summed E-state index contributed by atoms with van der Waals surface area (Å²) in [5.41, 5.74) is 7.13. The van der Waals surface area contributed by atoms with Gasteiger partial charge in [-0.25, -0.2) is 0 Å². The third-order valence-corrected chi connectivity index (χ3v) is 3.45. The molecule has 3 N–H and O–H groups in total. The third-order valence-electron chi connectivity index (χ3n) is 3.45. The van der Waals surface area contributed by atoms with Gasteiger partial charge in [0.05, 0.1) is 11.5 Å². The van der Waals surface area contributed by atoms with E-state index in [4.69, 9.17) is 10.5 Å². The maximum Gasteiger partial charge on any atom is 0.293 e. The molecule has 0 spiro atoms. The molecule has 0 bridgehead atoms. The molecule has 112 valence electrons. The minimum atomic E-state index is -0.704. The van der Waals surface area contributed by atoms with E-state index in [0.29, 0.717) is 12.3 Å². The minimum absolute atomic E-state index is 0.0969. The number of carbonyl (C=O) groups is 1. The van der Waals surface area contributed by atoms with Crippen LogP contribution < -0.4 is 15.8 Å². The predicted octanol–water partition coefficient (Wildman–Crippen LogP) is 2.37. The smallest absolute Gasteiger partial charge is 0.293 e. The van der Waals surface area contributed by atoms with Crippen LogP contribution in [-0.4, -0.2) is 17.4 Å². The second-order valence-electron chi connectivity index (χ2n) is 4.90. The summed E-state index contributed by atoms with van der Waals surface area (Å²) in [6.45, 7) is 0.645. The number of anilines is 2. The lowest BCUT2D eigenvalue weighted by Crippen LogP contribution is -2.11. The Morgan fingerprint density at radius 3 is 2.82 bits per heavy atom. The summed E-state index contributed by atoms with van der Waals surface area (Å²) in [5, 5.41) is 14.2. The number of benzene rings is 2. The largest absolute Gasteiger partial charge is 0.493 e. The molecule has 1 aliphatic rings. The van der Waals surface area contributed by atoms with Gasteiger partial charge in [-0.15, -0.1) is 0 Å².